The van der Waals surface area contributed by atoms with Crippen molar-refractivity contribution >= 4 is 40.8 Å². The first kappa shape index (κ1) is 54.6. The van der Waals surface area contributed by atoms with Gasteiger partial charge in [-0.3, -0.25) is 4.79 Å². The Morgan fingerprint density at radius 1 is 0.788 bits per heavy atom. The number of aliphatic hydroxyl groups is 1. The number of nitrogens with zero attached hydrogens (tertiary/aromatic N) is 1. The van der Waals surface area contributed by atoms with Crippen LogP contribution in [0.5, 0.6) is 5.75 Å². The van der Waals surface area contributed by atoms with Gasteiger partial charge >= 0.3 is 5.97 Å². The molecule has 1 saturated heterocycles. The molecule has 0 radical (unpaired) electrons. The number of halogens is 4. The van der Waals surface area contributed by atoms with E-state index in [-0.39, 0.29) is 64.6 Å². The summed E-state index contributed by atoms with van der Waals surface area (Å²) in [5.74, 6) is -4.12. The van der Waals surface area contributed by atoms with Crippen molar-refractivity contribution in [3.05, 3.63) is 93.0 Å². The number of ether oxygens (including phenoxy) is 9. The van der Waals surface area contributed by atoms with Crippen molar-refractivity contribution in [1.82, 2.24) is 5.32 Å². The van der Waals surface area contributed by atoms with Crippen LogP contribution in [0, 0.1) is 28.4 Å². The standard InChI is InChI=1S/C47H61Cl2F2N3O12/c1-46(2,3)30-40-47(31-52,35-10-9-33(48)29-37(35)50)41(34-6-5-7-36(49)42(34)51)43(54-40)44(56)53-38-11-8-32(28-39(38)58-4)45(57)66-27-26-65-25-24-64-23-22-63-21-20-62-19-18-61-17-16-60-15-14-59-13-12-55/h5-11,28-29,40-41,43,54-55H,12-27,30H2,1-4H3,(H,53,56). The van der Waals surface area contributed by atoms with Crippen molar-refractivity contribution < 1.29 is 66.1 Å². The number of aliphatic hydroxyl groups excluding tert-OH is 1. The molecule has 0 aliphatic carbocycles. The van der Waals surface area contributed by atoms with Gasteiger partial charge in [0.1, 0.15) is 29.4 Å². The van der Waals surface area contributed by atoms with E-state index in [1.54, 1.807) is 0 Å². The largest absolute Gasteiger partial charge is 0.495 e. The van der Waals surface area contributed by atoms with Gasteiger partial charge in [0.05, 0.1) is 135 Å². The first-order valence-corrected chi connectivity index (χ1v) is 22.4. The Labute approximate surface area is 395 Å². The maximum absolute atomic E-state index is 16.1. The molecule has 1 amide bonds. The van der Waals surface area contributed by atoms with E-state index in [1.165, 1.54) is 55.6 Å². The number of nitrogens with one attached hydrogen (secondary N) is 2. The van der Waals surface area contributed by atoms with Crippen LogP contribution < -0.4 is 15.4 Å². The Kier molecular flexibility index (Phi) is 23.4. The molecule has 4 unspecified atom stereocenters. The second kappa shape index (κ2) is 28.3. The molecule has 0 aromatic heterocycles. The number of carbonyl (C=O) groups excluding carboxylic acids is 2. The molecule has 15 nitrogen and oxygen atoms in total. The van der Waals surface area contributed by atoms with Crippen LogP contribution in [0.2, 0.25) is 10.0 Å². The zero-order valence-electron chi connectivity index (χ0n) is 37.8. The number of esters is 1. The van der Waals surface area contributed by atoms with Gasteiger partial charge in [0.15, 0.2) is 0 Å². The maximum atomic E-state index is 16.1. The number of rotatable bonds is 30. The van der Waals surface area contributed by atoms with Crippen molar-refractivity contribution in [3.8, 4) is 11.8 Å². The molecule has 3 aromatic rings. The van der Waals surface area contributed by atoms with Crippen molar-refractivity contribution in [2.24, 2.45) is 5.41 Å². The van der Waals surface area contributed by atoms with Gasteiger partial charge in [0.25, 0.3) is 0 Å². The lowest BCUT2D eigenvalue weighted by Gasteiger charge is -2.37. The number of hydrogen-bond acceptors (Lipinski definition) is 14. The summed E-state index contributed by atoms with van der Waals surface area (Å²) in [4.78, 5) is 27.4. The van der Waals surface area contributed by atoms with Crippen LogP contribution in [0.3, 0.4) is 0 Å². The average molecular weight is 969 g/mol. The molecular weight excluding hydrogens is 907 g/mol. The summed E-state index contributed by atoms with van der Waals surface area (Å²) in [6.45, 7) is 11.0. The summed E-state index contributed by atoms with van der Waals surface area (Å²) in [5.41, 5.74) is -2.04. The Morgan fingerprint density at radius 3 is 1.83 bits per heavy atom. The van der Waals surface area contributed by atoms with E-state index in [4.69, 9.17) is 70.9 Å². The van der Waals surface area contributed by atoms with Crippen molar-refractivity contribution in [1.29, 1.82) is 5.26 Å². The molecule has 4 atom stereocenters. The number of methoxy groups -OCH3 is 1. The van der Waals surface area contributed by atoms with E-state index in [1.807, 2.05) is 20.8 Å². The van der Waals surface area contributed by atoms with Crippen LogP contribution in [0.1, 0.15) is 54.6 Å². The van der Waals surface area contributed by atoms with E-state index in [0.717, 1.165) is 6.07 Å². The van der Waals surface area contributed by atoms with Gasteiger partial charge in [0.2, 0.25) is 5.91 Å². The van der Waals surface area contributed by atoms with E-state index < -0.39 is 52.3 Å². The van der Waals surface area contributed by atoms with Crippen molar-refractivity contribution in [2.45, 2.75) is 50.6 Å². The summed E-state index contributed by atoms with van der Waals surface area (Å²) in [5, 5.41) is 25.7. The molecule has 1 heterocycles. The molecule has 1 aliphatic rings. The molecule has 0 bridgehead atoms. The number of amides is 1. The molecule has 1 fully saturated rings. The Hall–Kier alpha value is -4.03. The zero-order chi connectivity index (χ0) is 48.0. The number of anilines is 1. The van der Waals surface area contributed by atoms with Crippen LogP contribution in [0.15, 0.2) is 54.6 Å². The molecule has 364 valence electrons. The van der Waals surface area contributed by atoms with Crippen LogP contribution >= 0.6 is 23.2 Å². The minimum Gasteiger partial charge on any atom is -0.495 e. The summed E-state index contributed by atoms with van der Waals surface area (Å²) < 4.78 is 80.8. The zero-order valence-corrected chi connectivity index (χ0v) is 39.4. The monoisotopic (exact) mass is 967 g/mol. The quantitative estimate of drug-likeness (QED) is 0.0486. The second-order valence-corrected chi connectivity index (χ2v) is 17.1. The third-order valence-corrected chi connectivity index (χ3v) is 10.9. The highest BCUT2D eigenvalue weighted by Crippen LogP contribution is 2.53. The second-order valence-electron chi connectivity index (χ2n) is 16.2. The summed E-state index contributed by atoms with van der Waals surface area (Å²) in [6.07, 6.45) is 0.291. The highest BCUT2D eigenvalue weighted by molar-refractivity contribution is 6.31. The van der Waals surface area contributed by atoms with Gasteiger partial charge in [-0.1, -0.05) is 62.2 Å². The van der Waals surface area contributed by atoms with Gasteiger partial charge in [-0.2, -0.15) is 5.26 Å². The molecule has 1 aliphatic heterocycles. The van der Waals surface area contributed by atoms with Crippen molar-refractivity contribution in [2.75, 3.05) is 118 Å². The van der Waals surface area contributed by atoms with E-state index in [0.29, 0.717) is 85.7 Å². The van der Waals surface area contributed by atoms with Crippen LogP contribution in [0.4, 0.5) is 14.5 Å². The van der Waals surface area contributed by atoms with Gasteiger partial charge in [0, 0.05) is 22.5 Å². The van der Waals surface area contributed by atoms with Crippen molar-refractivity contribution in [3.63, 3.8) is 0 Å². The number of hydrogen-bond donors (Lipinski definition) is 3. The minimum atomic E-state index is -1.82. The first-order valence-electron chi connectivity index (χ1n) is 21.6. The normalized spacial score (nSPS) is 18.3. The summed E-state index contributed by atoms with van der Waals surface area (Å²) in [6, 6.07) is 12.7. The van der Waals surface area contributed by atoms with Crippen LogP contribution in [-0.2, 0) is 48.1 Å². The SMILES string of the molecule is COc1cc(C(=O)OCCOCCOCCOCCOCCOCCOCCOCCO)ccc1NC(=O)C1NC(CC(C)(C)C)C(C#N)(c2ccc(Cl)cc2F)C1c1cccc(Cl)c1F. The lowest BCUT2D eigenvalue weighted by Crippen LogP contribution is -2.45. The number of benzene rings is 3. The first-order chi connectivity index (χ1) is 31.8. The molecule has 0 saturated carbocycles. The van der Waals surface area contributed by atoms with Gasteiger partial charge < -0.3 is 58.4 Å². The maximum Gasteiger partial charge on any atom is 0.338 e. The molecule has 4 rings (SSSR count). The fraction of sp³-hybridized carbons (Fsp3) is 0.553. The minimum absolute atomic E-state index is 0.00697. The van der Waals surface area contributed by atoms with Gasteiger partial charge in [-0.05, 0) is 53.8 Å². The third-order valence-electron chi connectivity index (χ3n) is 10.4. The summed E-state index contributed by atoms with van der Waals surface area (Å²) >= 11 is 12.4. The molecule has 19 heteroatoms. The highest BCUT2D eigenvalue weighted by Gasteiger charge is 2.61. The fourth-order valence-corrected chi connectivity index (χ4v) is 7.79. The van der Waals surface area contributed by atoms with E-state index >= 15 is 8.78 Å². The lowest BCUT2D eigenvalue weighted by atomic mass is 9.62. The Balaban J connectivity index is 1.24. The van der Waals surface area contributed by atoms with E-state index in [9.17, 15) is 14.9 Å². The third kappa shape index (κ3) is 16.3. The molecule has 3 N–H and O–H groups in total. The Morgan fingerprint density at radius 2 is 1.33 bits per heavy atom. The smallest absolute Gasteiger partial charge is 0.338 e. The number of nitriles is 1. The number of carbonyl (C=O) groups is 2. The average Bonchev–Trinajstić information content (AvgIpc) is 3.60. The molecule has 66 heavy (non-hydrogen) atoms. The van der Waals surface area contributed by atoms with Crippen LogP contribution in [-0.4, -0.2) is 142 Å². The molecule has 0 spiro atoms. The molecule has 3 aromatic carbocycles. The fourth-order valence-electron chi connectivity index (χ4n) is 7.45. The lowest BCUT2D eigenvalue weighted by molar-refractivity contribution is -0.118. The van der Waals surface area contributed by atoms with Gasteiger partial charge in [-0.25, -0.2) is 13.6 Å². The van der Waals surface area contributed by atoms with Crippen LogP contribution in [0.25, 0.3) is 0 Å². The highest BCUT2D eigenvalue weighted by atomic mass is 35.5. The predicted molar refractivity (Wildman–Crippen MR) is 242 cm³/mol. The topological polar surface area (TPSA) is 185 Å². The molecular formula is C47H61Cl2F2N3O12. The van der Waals surface area contributed by atoms with E-state index in [2.05, 4.69) is 16.7 Å². The Bertz CT molecular complexity index is 2020. The predicted octanol–water partition coefficient (Wildman–Crippen LogP) is 6.51. The van der Waals surface area contributed by atoms with Gasteiger partial charge in [-0.15, -0.1) is 0 Å². The summed E-state index contributed by atoms with van der Waals surface area (Å²) in [7, 11) is 1.36.